The molecule has 0 fully saturated rings. The lowest BCUT2D eigenvalue weighted by Gasteiger charge is -2.30. The fourth-order valence-electron chi connectivity index (χ4n) is 11.5. The number of hydrogen-bond donors (Lipinski definition) is 0. The van der Waals surface area contributed by atoms with E-state index in [-0.39, 0.29) is 5.41 Å². The number of benzene rings is 11. The van der Waals surface area contributed by atoms with Crippen LogP contribution in [0, 0.1) is 0 Å². The Labute approximate surface area is 387 Å². The fourth-order valence-corrected chi connectivity index (χ4v) is 11.5. The maximum atomic E-state index is 6.77. The van der Waals surface area contributed by atoms with E-state index < -0.39 is 0 Å². The van der Waals surface area contributed by atoms with Crippen LogP contribution in [0.1, 0.15) is 25.0 Å². The monoisotopic (exact) mass is 858 g/mol. The molecule has 4 nitrogen and oxygen atoms in total. The van der Waals surface area contributed by atoms with Crippen molar-refractivity contribution in [3.05, 3.63) is 230 Å². The molecule has 1 aliphatic rings. The van der Waals surface area contributed by atoms with Crippen LogP contribution in [0.2, 0.25) is 0 Å². The minimum Gasteiger partial charge on any atom is -0.454 e. The van der Waals surface area contributed by atoms with Crippen LogP contribution in [-0.4, -0.2) is 0 Å². The molecule has 67 heavy (non-hydrogen) atoms. The maximum absolute atomic E-state index is 6.77. The molecule has 14 rings (SSSR count). The minimum atomic E-state index is -0.375. The Kier molecular flexibility index (Phi) is 8.00. The minimum absolute atomic E-state index is 0.375. The van der Waals surface area contributed by atoms with Crippen LogP contribution in [0.3, 0.4) is 0 Å². The molecule has 2 heterocycles. The van der Waals surface area contributed by atoms with E-state index >= 15 is 0 Å². The summed E-state index contributed by atoms with van der Waals surface area (Å²) >= 11 is 0. The fraction of sp³-hybridized carbons (Fsp3) is 0.0476. The normalized spacial score (nSPS) is 13.0. The summed E-state index contributed by atoms with van der Waals surface area (Å²) in [5.41, 5.74) is 14.7. The molecule has 1 aliphatic carbocycles. The van der Waals surface area contributed by atoms with Gasteiger partial charge in [-0.1, -0.05) is 166 Å². The third kappa shape index (κ3) is 5.41. The van der Waals surface area contributed by atoms with Gasteiger partial charge in [0.15, 0.2) is 11.2 Å². The van der Waals surface area contributed by atoms with Crippen LogP contribution in [0.5, 0.6) is 0 Å². The van der Waals surface area contributed by atoms with E-state index in [9.17, 15) is 0 Å². The van der Waals surface area contributed by atoms with E-state index in [2.05, 4.69) is 230 Å². The summed E-state index contributed by atoms with van der Waals surface area (Å²) < 4.78 is 13.5. The zero-order valence-corrected chi connectivity index (χ0v) is 37.0. The molecule has 13 aromatic rings. The number of para-hydroxylation sites is 6. The largest absolute Gasteiger partial charge is 0.454 e. The van der Waals surface area contributed by atoms with Crippen molar-refractivity contribution in [1.29, 1.82) is 0 Å². The second-order valence-electron chi connectivity index (χ2n) is 18.4. The smallest absolute Gasteiger partial charge is 0.159 e. The predicted octanol–water partition coefficient (Wildman–Crippen LogP) is 18.2. The molecule has 0 unspecified atom stereocenters. The molecule has 0 aliphatic heterocycles. The van der Waals surface area contributed by atoms with Crippen molar-refractivity contribution < 1.29 is 8.83 Å². The molecular weight excluding hydrogens is 817 g/mol. The molecule has 0 spiro atoms. The Morgan fingerprint density at radius 3 is 1.40 bits per heavy atom. The lowest BCUT2D eigenvalue weighted by atomic mass is 9.79. The highest BCUT2D eigenvalue weighted by Crippen LogP contribution is 2.59. The van der Waals surface area contributed by atoms with E-state index in [0.717, 1.165) is 78.0 Å². The first-order valence-corrected chi connectivity index (χ1v) is 23.1. The second-order valence-corrected chi connectivity index (χ2v) is 18.4. The van der Waals surface area contributed by atoms with Crippen LogP contribution < -0.4 is 9.80 Å². The van der Waals surface area contributed by atoms with E-state index in [4.69, 9.17) is 8.83 Å². The van der Waals surface area contributed by atoms with Gasteiger partial charge in [-0.2, -0.15) is 0 Å². The van der Waals surface area contributed by atoms with E-state index in [0.29, 0.717) is 0 Å². The van der Waals surface area contributed by atoms with Crippen molar-refractivity contribution in [3.63, 3.8) is 0 Å². The van der Waals surface area contributed by atoms with Gasteiger partial charge in [-0.15, -0.1) is 0 Å². The average molecular weight is 859 g/mol. The van der Waals surface area contributed by atoms with Crippen molar-refractivity contribution in [2.24, 2.45) is 0 Å². The molecule has 4 heteroatoms. The number of fused-ring (bicyclic) bond motifs is 16. The molecule has 2 aromatic heterocycles. The topological polar surface area (TPSA) is 32.8 Å². The van der Waals surface area contributed by atoms with Crippen LogP contribution in [-0.2, 0) is 5.41 Å². The van der Waals surface area contributed by atoms with Gasteiger partial charge in [0.2, 0.25) is 0 Å². The van der Waals surface area contributed by atoms with Gasteiger partial charge < -0.3 is 18.6 Å². The van der Waals surface area contributed by atoms with Gasteiger partial charge in [0, 0.05) is 49.4 Å². The molecule has 0 atom stereocenters. The standard InChI is InChI=1S/C63H42N2O2/c1-63(2)52-38-55(65(40-21-7-4-8-22-40)54-32-18-30-50-45-26-14-16-34-57(45)67-62(50)54)43-24-10-12-28-47(43)58(52)59-46-27-11-9-23-42(46)51-37-41(35-36-48(51)60(59)63)64(39-19-5-3-6-20-39)53-31-17-29-49-44-25-13-15-33-56(44)66-61(49)53/h3-38H,1-2H3. The van der Waals surface area contributed by atoms with Crippen LogP contribution in [0.15, 0.2) is 227 Å². The predicted molar refractivity (Wildman–Crippen MR) is 280 cm³/mol. The Bertz CT molecular complexity index is 4140. The summed E-state index contributed by atoms with van der Waals surface area (Å²) in [5, 5.41) is 11.8. The number of anilines is 6. The zero-order chi connectivity index (χ0) is 44.4. The maximum Gasteiger partial charge on any atom is 0.159 e. The van der Waals surface area contributed by atoms with E-state index in [1.807, 2.05) is 12.1 Å². The van der Waals surface area contributed by atoms with Crippen LogP contribution >= 0.6 is 0 Å². The van der Waals surface area contributed by atoms with Gasteiger partial charge in [0.25, 0.3) is 0 Å². The van der Waals surface area contributed by atoms with Gasteiger partial charge in [0.1, 0.15) is 11.2 Å². The number of hydrogen-bond acceptors (Lipinski definition) is 4. The Morgan fingerprint density at radius 1 is 0.313 bits per heavy atom. The quantitative estimate of drug-likeness (QED) is 0.156. The van der Waals surface area contributed by atoms with Crippen molar-refractivity contribution in [2.45, 2.75) is 19.3 Å². The van der Waals surface area contributed by atoms with Crippen molar-refractivity contribution in [3.8, 4) is 11.1 Å². The summed E-state index contributed by atoms with van der Waals surface area (Å²) in [4.78, 5) is 4.77. The van der Waals surface area contributed by atoms with Gasteiger partial charge in [-0.3, -0.25) is 0 Å². The Hall–Kier alpha value is -8.60. The highest BCUT2D eigenvalue weighted by molar-refractivity contribution is 6.23. The second kappa shape index (κ2) is 14.2. The summed E-state index contributed by atoms with van der Waals surface area (Å²) in [7, 11) is 0. The Morgan fingerprint density at radius 2 is 0.791 bits per heavy atom. The van der Waals surface area contributed by atoms with Crippen LogP contribution in [0.4, 0.5) is 34.1 Å². The average Bonchev–Trinajstić information content (AvgIpc) is 4.03. The highest BCUT2D eigenvalue weighted by Gasteiger charge is 2.41. The lowest BCUT2D eigenvalue weighted by Crippen LogP contribution is -2.17. The first-order valence-electron chi connectivity index (χ1n) is 23.1. The number of nitrogens with zero attached hydrogens (tertiary/aromatic N) is 2. The molecule has 0 radical (unpaired) electrons. The van der Waals surface area contributed by atoms with Crippen molar-refractivity contribution >= 4 is 110 Å². The summed E-state index contributed by atoms with van der Waals surface area (Å²) in [6.07, 6.45) is 0. The molecule has 0 saturated heterocycles. The van der Waals surface area contributed by atoms with Gasteiger partial charge in [-0.25, -0.2) is 0 Å². The zero-order valence-electron chi connectivity index (χ0n) is 37.0. The molecule has 0 saturated carbocycles. The molecule has 316 valence electrons. The number of furan rings is 2. The number of rotatable bonds is 6. The van der Waals surface area contributed by atoms with Crippen molar-refractivity contribution in [2.75, 3.05) is 9.80 Å². The summed E-state index contributed by atoms with van der Waals surface area (Å²) in [5.74, 6) is 0. The van der Waals surface area contributed by atoms with Crippen molar-refractivity contribution in [1.82, 2.24) is 0 Å². The molecule has 11 aromatic carbocycles. The Balaban J connectivity index is 1.02. The van der Waals surface area contributed by atoms with Gasteiger partial charge in [0.05, 0.1) is 17.1 Å². The summed E-state index contributed by atoms with van der Waals surface area (Å²) in [6, 6.07) is 78.7. The molecule has 0 amide bonds. The molecule has 0 bridgehead atoms. The third-order valence-corrected chi connectivity index (χ3v) is 14.4. The van der Waals surface area contributed by atoms with Gasteiger partial charge >= 0.3 is 0 Å². The molecular formula is C63H42N2O2. The third-order valence-electron chi connectivity index (χ3n) is 14.4. The van der Waals surface area contributed by atoms with E-state index in [1.165, 1.54) is 54.6 Å². The lowest BCUT2D eigenvalue weighted by molar-refractivity contribution is 0.666. The van der Waals surface area contributed by atoms with Gasteiger partial charge in [-0.05, 0) is 116 Å². The first-order chi connectivity index (χ1) is 33.0. The van der Waals surface area contributed by atoms with E-state index in [1.54, 1.807) is 0 Å². The highest BCUT2D eigenvalue weighted by atomic mass is 16.3. The summed E-state index contributed by atoms with van der Waals surface area (Å²) in [6.45, 7) is 4.84. The first kappa shape index (κ1) is 37.7. The molecule has 0 N–H and O–H groups in total. The van der Waals surface area contributed by atoms with Crippen LogP contribution in [0.25, 0.3) is 87.3 Å². The SMILES string of the molecule is CC1(C)c2cc(N(c3ccccc3)c3cccc4c3oc3ccccc34)c3ccccc3c2-c2c1c1ccc(N(c3ccccc3)c3cccc4c3oc3ccccc34)cc1c1ccccc21.